The van der Waals surface area contributed by atoms with Crippen LogP contribution in [0.2, 0.25) is 0 Å². The van der Waals surface area contributed by atoms with Gasteiger partial charge in [-0.1, -0.05) is 31.0 Å². The minimum absolute atomic E-state index is 0.134. The van der Waals surface area contributed by atoms with Crippen LogP contribution in [-0.4, -0.2) is 22.4 Å². The summed E-state index contributed by atoms with van der Waals surface area (Å²) < 4.78 is 15.6. The highest BCUT2D eigenvalue weighted by Gasteiger charge is 2.31. The first-order valence-electron chi connectivity index (χ1n) is 8.77. The predicted octanol–water partition coefficient (Wildman–Crippen LogP) is 2.86. The molecule has 0 radical (unpaired) electrons. The SMILES string of the molecule is CC(=O)N[C@H](C(=O)N=c1sccn1Cc1ccccc1F)C1CCCC1. The van der Waals surface area contributed by atoms with Crippen molar-refractivity contribution in [2.75, 3.05) is 0 Å². The molecule has 1 N–H and O–H groups in total. The molecule has 1 heterocycles. The van der Waals surface area contributed by atoms with E-state index in [4.69, 9.17) is 0 Å². The van der Waals surface area contributed by atoms with Crippen molar-refractivity contribution in [1.82, 2.24) is 9.88 Å². The molecule has 0 unspecified atom stereocenters. The van der Waals surface area contributed by atoms with E-state index in [1.165, 1.54) is 24.3 Å². The largest absolute Gasteiger partial charge is 0.344 e. The molecule has 1 aromatic carbocycles. The number of benzene rings is 1. The van der Waals surface area contributed by atoms with Crippen molar-refractivity contribution >= 4 is 23.2 Å². The summed E-state index contributed by atoms with van der Waals surface area (Å²) in [6, 6.07) is 5.96. The molecule has 0 bridgehead atoms. The minimum Gasteiger partial charge on any atom is -0.344 e. The molecule has 0 saturated heterocycles. The molecule has 3 rings (SSSR count). The number of nitrogens with zero attached hydrogens (tertiary/aromatic N) is 2. The fourth-order valence-electron chi connectivity index (χ4n) is 3.37. The summed E-state index contributed by atoms with van der Waals surface area (Å²) in [5.74, 6) is -0.714. The normalized spacial score (nSPS) is 16.6. The monoisotopic (exact) mass is 375 g/mol. The van der Waals surface area contributed by atoms with E-state index in [2.05, 4.69) is 10.3 Å². The first-order chi connectivity index (χ1) is 12.5. The number of nitrogens with one attached hydrogen (secondary N) is 1. The van der Waals surface area contributed by atoms with E-state index in [9.17, 15) is 14.0 Å². The van der Waals surface area contributed by atoms with Gasteiger partial charge in [-0.15, -0.1) is 11.3 Å². The summed E-state index contributed by atoms with van der Waals surface area (Å²) in [6.07, 6.45) is 5.77. The van der Waals surface area contributed by atoms with Crippen LogP contribution in [0, 0.1) is 11.7 Å². The average Bonchev–Trinajstić information content (AvgIpc) is 3.27. The quantitative estimate of drug-likeness (QED) is 0.873. The Morgan fingerprint density at radius 1 is 1.35 bits per heavy atom. The van der Waals surface area contributed by atoms with Crippen molar-refractivity contribution in [3.63, 3.8) is 0 Å². The second-order valence-electron chi connectivity index (χ2n) is 6.58. The maximum Gasteiger partial charge on any atom is 0.271 e. The van der Waals surface area contributed by atoms with Crippen LogP contribution < -0.4 is 10.1 Å². The van der Waals surface area contributed by atoms with E-state index in [1.807, 2.05) is 5.38 Å². The lowest BCUT2D eigenvalue weighted by molar-refractivity contribution is -0.127. The van der Waals surface area contributed by atoms with Crippen molar-refractivity contribution in [2.24, 2.45) is 10.9 Å². The number of thiazole rings is 1. The van der Waals surface area contributed by atoms with Crippen LogP contribution in [0.25, 0.3) is 0 Å². The molecule has 138 valence electrons. The number of amides is 2. The van der Waals surface area contributed by atoms with E-state index in [0.717, 1.165) is 25.7 Å². The molecule has 1 aromatic heterocycles. The van der Waals surface area contributed by atoms with Gasteiger partial charge in [0.25, 0.3) is 5.91 Å². The molecule has 1 aliphatic rings. The average molecular weight is 375 g/mol. The third-order valence-corrected chi connectivity index (χ3v) is 5.45. The second-order valence-corrected chi connectivity index (χ2v) is 7.45. The number of carbonyl (C=O) groups is 2. The van der Waals surface area contributed by atoms with E-state index in [0.29, 0.717) is 16.9 Å². The van der Waals surface area contributed by atoms with Crippen molar-refractivity contribution in [3.8, 4) is 0 Å². The number of aromatic nitrogens is 1. The van der Waals surface area contributed by atoms with E-state index >= 15 is 0 Å². The van der Waals surface area contributed by atoms with Crippen LogP contribution in [0.1, 0.15) is 38.2 Å². The molecule has 0 spiro atoms. The van der Waals surface area contributed by atoms with Crippen molar-refractivity contribution in [1.29, 1.82) is 0 Å². The maximum atomic E-state index is 13.9. The Morgan fingerprint density at radius 3 is 2.77 bits per heavy atom. The molecule has 7 heteroatoms. The summed E-state index contributed by atoms with van der Waals surface area (Å²) in [4.78, 5) is 29.0. The number of rotatable bonds is 5. The van der Waals surface area contributed by atoms with Crippen LogP contribution in [0.3, 0.4) is 0 Å². The molecule has 26 heavy (non-hydrogen) atoms. The van der Waals surface area contributed by atoms with Crippen LogP contribution in [0.4, 0.5) is 4.39 Å². The number of hydrogen-bond acceptors (Lipinski definition) is 3. The lowest BCUT2D eigenvalue weighted by Crippen LogP contribution is -2.44. The van der Waals surface area contributed by atoms with Gasteiger partial charge >= 0.3 is 0 Å². The maximum absolute atomic E-state index is 13.9. The molecule has 1 fully saturated rings. The molecule has 0 aliphatic heterocycles. The van der Waals surface area contributed by atoms with Crippen LogP contribution >= 0.6 is 11.3 Å². The molecular weight excluding hydrogens is 353 g/mol. The van der Waals surface area contributed by atoms with Gasteiger partial charge in [0, 0.05) is 24.1 Å². The van der Waals surface area contributed by atoms with Crippen LogP contribution in [-0.2, 0) is 16.1 Å². The third kappa shape index (κ3) is 4.46. The molecule has 2 amide bonds. The van der Waals surface area contributed by atoms with Gasteiger partial charge in [0.05, 0.1) is 6.54 Å². The Bertz CT molecular complexity index is 852. The zero-order valence-corrected chi connectivity index (χ0v) is 15.5. The molecule has 2 aromatic rings. The Morgan fingerprint density at radius 2 is 2.08 bits per heavy atom. The first-order valence-corrected chi connectivity index (χ1v) is 9.65. The van der Waals surface area contributed by atoms with Crippen LogP contribution in [0.5, 0.6) is 0 Å². The minimum atomic E-state index is -0.584. The van der Waals surface area contributed by atoms with Gasteiger partial charge in [0.2, 0.25) is 5.91 Å². The Balaban J connectivity index is 1.84. The zero-order valence-electron chi connectivity index (χ0n) is 14.7. The molecule has 1 aliphatic carbocycles. The van der Waals surface area contributed by atoms with Gasteiger partial charge in [-0.25, -0.2) is 4.39 Å². The molecular formula is C19H22FN3O2S. The highest BCUT2D eigenvalue weighted by molar-refractivity contribution is 7.07. The van der Waals surface area contributed by atoms with Gasteiger partial charge in [-0.2, -0.15) is 4.99 Å². The standard InChI is InChI=1S/C19H22FN3O2S/c1-13(24)21-17(14-6-2-3-7-14)18(25)22-19-23(10-11-26-19)12-15-8-4-5-9-16(15)20/h4-5,8-11,14,17H,2-3,6-7,12H2,1H3,(H,21,24)/t17-/m0/s1. The number of halogens is 1. The van der Waals surface area contributed by atoms with E-state index in [-0.39, 0.29) is 23.5 Å². The summed E-state index contributed by atoms with van der Waals surface area (Å²) in [6.45, 7) is 1.72. The highest BCUT2D eigenvalue weighted by Crippen LogP contribution is 2.28. The van der Waals surface area contributed by atoms with E-state index in [1.54, 1.807) is 29.0 Å². The summed E-state index contributed by atoms with van der Waals surface area (Å²) in [5, 5.41) is 4.58. The zero-order chi connectivity index (χ0) is 18.5. The Labute approximate surface area is 155 Å². The summed E-state index contributed by atoms with van der Waals surface area (Å²) >= 11 is 1.32. The lowest BCUT2D eigenvalue weighted by Gasteiger charge is -2.20. The van der Waals surface area contributed by atoms with Crippen molar-refractivity contribution in [3.05, 3.63) is 52.0 Å². The molecule has 5 nitrogen and oxygen atoms in total. The van der Waals surface area contributed by atoms with Crippen molar-refractivity contribution in [2.45, 2.75) is 45.2 Å². The van der Waals surface area contributed by atoms with Gasteiger partial charge in [0.15, 0.2) is 4.80 Å². The fraction of sp³-hybridized carbons (Fsp3) is 0.421. The third-order valence-electron chi connectivity index (χ3n) is 4.66. The molecule has 1 atom stereocenters. The predicted molar refractivity (Wildman–Crippen MR) is 97.9 cm³/mol. The van der Waals surface area contributed by atoms with Gasteiger partial charge in [-0.3, -0.25) is 9.59 Å². The summed E-state index contributed by atoms with van der Waals surface area (Å²) in [7, 11) is 0. The second kappa shape index (κ2) is 8.40. The van der Waals surface area contributed by atoms with Crippen LogP contribution in [0.15, 0.2) is 40.8 Å². The van der Waals surface area contributed by atoms with Crippen molar-refractivity contribution < 1.29 is 14.0 Å². The Hall–Kier alpha value is -2.28. The van der Waals surface area contributed by atoms with Gasteiger partial charge in [0.1, 0.15) is 11.9 Å². The van der Waals surface area contributed by atoms with Gasteiger partial charge < -0.3 is 9.88 Å². The number of hydrogen-bond donors (Lipinski definition) is 1. The summed E-state index contributed by atoms with van der Waals surface area (Å²) in [5.41, 5.74) is 0.536. The smallest absolute Gasteiger partial charge is 0.271 e. The number of carbonyl (C=O) groups excluding carboxylic acids is 2. The molecule has 1 saturated carbocycles. The van der Waals surface area contributed by atoms with E-state index < -0.39 is 6.04 Å². The first kappa shape index (κ1) is 18.5. The van der Waals surface area contributed by atoms with Gasteiger partial charge in [-0.05, 0) is 24.8 Å². The lowest BCUT2D eigenvalue weighted by atomic mass is 9.97. The Kier molecular flexibility index (Phi) is 5.98. The topological polar surface area (TPSA) is 63.5 Å². The fourth-order valence-corrected chi connectivity index (χ4v) is 4.10. The highest BCUT2D eigenvalue weighted by atomic mass is 32.1.